The van der Waals surface area contributed by atoms with Gasteiger partial charge in [0.05, 0.1) is 7.11 Å². The number of nitrogens with one attached hydrogen (secondary N) is 1. The molecular weight excluding hydrogens is 276 g/mol. The van der Waals surface area contributed by atoms with Crippen LogP contribution in [0.25, 0.3) is 0 Å². The number of carbonyl (C=O) groups is 1. The summed E-state index contributed by atoms with van der Waals surface area (Å²) >= 11 is 0. The van der Waals surface area contributed by atoms with Gasteiger partial charge in [0.2, 0.25) is 5.91 Å². The van der Waals surface area contributed by atoms with E-state index in [1.807, 2.05) is 49.4 Å². The molecule has 0 saturated carbocycles. The highest BCUT2D eigenvalue weighted by Gasteiger charge is 2.05. The summed E-state index contributed by atoms with van der Waals surface area (Å²) in [6, 6.07) is 13.6. The number of hydrogen-bond acceptors (Lipinski definition) is 3. The highest BCUT2D eigenvalue weighted by Crippen LogP contribution is 2.19. The van der Waals surface area contributed by atoms with Gasteiger partial charge in [-0.05, 0) is 42.2 Å². The molecule has 1 amide bonds. The molecule has 0 aliphatic heterocycles. The van der Waals surface area contributed by atoms with Gasteiger partial charge in [-0.1, -0.05) is 30.3 Å². The Kier molecular flexibility index (Phi) is 5.42. The zero-order chi connectivity index (χ0) is 15.9. The van der Waals surface area contributed by atoms with E-state index < -0.39 is 0 Å². The van der Waals surface area contributed by atoms with Gasteiger partial charge in [0.1, 0.15) is 5.75 Å². The number of hydrogen-bond donors (Lipinski definition) is 2. The fourth-order valence-electron chi connectivity index (χ4n) is 2.27. The minimum absolute atomic E-state index is 0.0165. The Labute approximate surface area is 131 Å². The molecule has 2 aromatic rings. The largest absolute Gasteiger partial charge is 0.496 e. The summed E-state index contributed by atoms with van der Waals surface area (Å²) in [4.78, 5) is 11.9. The first kappa shape index (κ1) is 15.9. The molecule has 0 saturated heterocycles. The standard InChI is InChI=1S/C18H22N2O2/c1-13-7-8-14(11-17(13)22-2)12-20-18(21)10-9-15-5-3-4-6-16(15)19/h3-8,11H,9-10,12,19H2,1-2H3,(H,20,21). The van der Waals surface area contributed by atoms with E-state index in [9.17, 15) is 4.79 Å². The summed E-state index contributed by atoms with van der Waals surface area (Å²) in [5.74, 6) is 0.853. The first-order valence-electron chi connectivity index (χ1n) is 7.33. The number of aryl methyl sites for hydroxylation is 2. The molecule has 4 heteroatoms. The quantitative estimate of drug-likeness (QED) is 0.806. The van der Waals surface area contributed by atoms with Crippen LogP contribution in [0.15, 0.2) is 42.5 Å². The zero-order valence-corrected chi connectivity index (χ0v) is 13.1. The van der Waals surface area contributed by atoms with E-state index in [1.54, 1.807) is 7.11 Å². The minimum atomic E-state index is 0.0165. The van der Waals surface area contributed by atoms with Gasteiger partial charge in [0.15, 0.2) is 0 Å². The fourth-order valence-corrected chi connectivity index (χ4v) is 2.27. The average molecular weight is 298 g/mol. The van der Waals surface area contributed by atoms with Gasteiger partial charge in [-0.3, -0.25) is 4.79 Å². The molecule has 0 radical (unpaired) electrons. The number of para-hydroxylation sites is 1. The predicted octanol–water partition coefficient (Wildman–Crippen LogP) is 2.83. The maximum absolute atomic E-state index is 11.9. The maximum Gasteiger partial charge on any atom is 0.220 e. The van der Waals surface area contributed by atoms with Crippen LogP contribution in [0.4, 0.5) is 5.69 Å². The third kappa shape index (κ3) is 4.25. The van der Waals surface area contributed by atoms with E-state index in [1.165, 1.54) is 0 Å². The predicted molar refractivity (Wildman–Crippen MR) is 88.8 cm³/mol. The number of carbonyl (C=O) groups excluding carboxylic acids is 1. The molecule has 116 valence electrons. The van der Waals surface area contributed by atoms with Crippen LogP contribution < -0.4 is 15.8 Å². The summed E-state index contributed by atoms with van der Waals surface area (Å²) in [5, 5.41) is 2.92. The summed E-state index contributed by atoms with van der Waals surface area (Å²) < 4.78 is 5.28. The molecule has 3 N–H and O–H groups in total. The monoisotopic (exact) mass is 298 g/mol. The molecule has 0 spiro atoms. The Morgan fingerprint density at radius 3 is 2.73 bits per heavy atom. The van der Waals surface area contributed by atoms with E-state index >= 15 is 0 Å². The van der Waals surface area contributed by atoms with Gasteiger partial charge >= 0.3 is 0 Å². The van der Waals surface area contributed by atoms with Crippen molar-refractivity contribution in [3.8, 4) is 5.75 Å². The second kappa shape index (κ2) is 7.50. The zero-order valence-electron chi connectivity index (χ0n) is 13.1. The van der Waals surface area contributed by atoms with Gasteiger partial charge in [-0.15, -0.1) is 0 Å². The lowest BCUT2D eigenvalue weighted by atomic mass is 10.1. The topological polar surface area (TPSA) is 64.3 Å². The highest BCUT2D eigenvalue weighted by molar-refractivity contribution is 5.76. The second-order valence-electron chi connectivity index (χ2n) is 5.28. The lowest BCUT2D eigenvalue weighted by Crippen LogP contribution is -2.23. The van der Waals surface area contributed by atoms with Crippen molar-refractivity contribution >= 4 is 11.6 Å². The third-order valence-corrected chi connectivity index (χ3v) is 3.64. The number of nitrogens with two attached hydrogens (primary N) is 1. The Hall–Kier alpha value is -2.49. The van der Waals surface area contributed by atoms with E-state index in [0.29, 0.717) is 19.4 Å². The van der Waals surface area contributed by atoms with Crippen molar-refractivity contribution in [2.24, 2.45) is 0 Å². The van der Waals surface area contributed by atoms with Crippen LogP contribution in [0.2, 0.25) is 0 Å². The summed E-state index contributed by atoms with van der Waals surface area (Å²) in [6.45, 7) is 2.49. The van der Waals surface area contributed by atoms with Gasteiger partial charge in [0, 0.05) is 18.7 Å². The SMILES string of the molecule is COc1cc(CNC(=O)CCc2ccccc2N)ccc1C. The summed E-state index contributed by atoms with van der Waals surface area (Å²) in [7, 11) is 1.65. The van der Waals surface area contributed by atoms with Crippen molar-refractivity contribution in [2.45, 2.75) is 26.3 Å². The maximum atomic E-state index is 11.9. The lowest BCUT2D eigenvalue weighted by molar-refractivity contribution is -0.121. The Bertz CT molecular complexity index is 653. The van der Waals surface area contributed by atoms with Crippen LogP contribution in [0.3, 0.4) is 0 Å². The molecule has 0 aromatic heterocycles. The average Bonchev–Trinajstić information content (AvgIpc) is 2.53. The first-order valence-corrected chi connectivity index (χ1v) is 7.33. The molecule has 0 unspecified atom stereocenters. The normalized spacial score (nSPS) is 10.3. The van der Waals surface area contributed by atoms with Crippen LogP contribution >= 0.6 is 0 Å². The van der Waals surface area contributed by atoms with Crippen LogP contribution in [-0.4, -0.2) is 13.0 Å². The Morgan fingerprint density at radius 2 is 2.00 bits per heavy atom. The molecule has 0 aliphatic carbocycles. The van der Waals surface area contributed by atoms with Gasteiger partial charge < -0.3 is 15.8 Å². The van der Waals surface area contributed by atoms with E-state index in [0.717, 1.165) is 28.1 Å². The summed E-state index contributed by atoms with van der Waals surface area (Å²) in [6.07, 6.45) is 1.08. The number of benzene rings is 2. The molecule has 0 fully saturated rings. The summed E-state index contributed by atoms with van der Waals surface area (Å²) in [5.41, 5.74) is 9.72. The first-order chi connectivity index (χ1) is 10.6. The number of ether oxygens (including phenoxy) is 1. The van der Waals surface area contributed by atoms with Gasteiger partial charge in [-0.25, -0.2) is 0 Å². The lowest BCUT2D eigenvalue weighted by Gasteiger charge is -2.09. The van der Waals surface area contributed by atoms with E-state index in [4.69, 9.17) is 10.5 Å². The third-order valence-electron chi connectivity index (χ3n) is 3.64. The minimum Gasteiger partial charge on any atom is -0.496 e. The molecule has 2 rings (SSSR count). The van der Waals surface area contributed by atoms with Crippen LogP contribution in [0.5, 0.6) is 5.75 Å². The van der Waals surface area contributed by atoms with Gasteiger partial charge in [-0.2, -0.15) is 0 Å². The van der Waals surface area contributed by atoms with E-state index in [-0.39, 0.29) is 5.91 Å². The van der Waals surface area contributed by atoms with Crippen LogP contribution in [0.1, 0.15) is 23.1 Å². The molecule has 0 heterocycles. The molecule has 4 nitrogen and oxygen atoms in total. The number of methoxy groups -OCH3 is 1. The van der Waals surface area contributed by atoms with Crippen LogP contribution in [-0.2, 0) is 17.8 Å². The van der Waals surface area contributed by atoms with Crippen molar-refractivity contribution in [1.29, 1.82) is 0 Å². The number of rotatable bonds is 6. The Morgan fingerprint density at radius 1 is 1.23 bits per heavy atom. The fraction of sp³-hybridized carbons (Fsp3) is 0.278. The molecule has 22 heavy (non-hydrogen) atoms. The molecule has 2 aromatic carbocycles. The van der Waals surface area contributed by atoms with Crippen molar-refractivity contribution in [1.82, 2.24) is 5.32 Å². The smallest absolute Gasteiger partial charge is 0.220 e. The number of nitrogen functional groups attached to an aromatic ring is 1. The molecule has 0 aliphatic rings. The van der Waals surface area contributed by atoms with Crippen molar-refractivity contribution in [3.05, 3.63) is 59.2 Å². The highest BCUT2D eigenvalue weighted by atomic mass is 16.5. The van der Waals surface area contributed by atoms with Crippen molar-refractivity contribution in [2.75, 3.05) is 12.8 Å². The molecule has 0 bridgehead atoms. The molecule has 0 atom stereocenters. The number of anilines is 1. The second-order valence-corrected chi connectivity index (χ2v) is 5.28. The number of amides is 1. The van der Waals surface area contributed by atoms with E-state index in [2.05, 4.69) is 5.32 Å². The van der Waals surface area contributed by atoms with Gasteiger partial charge in [0.25, 0.3) is 0 Å². The van der Waals surface area contributed by atoms with Crippen LogP contribution in [0, 0.1) is 6.92 Å². The van der Waals surface area contributed by atoms with Crippen molar-refractivity contribution < 1.29 is 9.53 Å². The Balaban J connectivity index is 1.84. The molecular formula is C18H22N2O2. The van der Waals surface area contributed by atoms with Crippen molar-refractivity contribution in [3.63, 3.8) is 0 Å².